The van der Waals surface area contributed by atoms with Crippen LogP contribution in [-0.4, -0.2) is 11.1 Å². The summed E-state index contributed by atoms with van der Waals surface area (Å²) in [4.78, 5) is 10.5. The van der Waals surface area contributed by atoms with Crippen molar-refractivity contribution in [3.05, 3.63) is 11.8 Å². The maximum Gasteiger partial charge on any atom is 0.310 e. The fourth-order valence-electron chi connectivity index (χ4n) is 1.15. The third kappa shape index (κ3) is 2.22. The van der Waals surface area contributed by atoms with Gasteiger partial charge in [-0.3, -0.25) is 4.79 Å². The molecule has 0 spiro atoms. The Morgan fingerprint density at radius 3 is 3.09 bits per heavy atom. The quantitative estimate of drug-likeness (QED) is 0.776. The van der Waals surface area contributed by atoms with Gasteiger partial charge in [-0.1, -0.05) is 0 Å². The van der Waals surface area contributed by atoms with Gasteiger partial charge in [0.25, 0.3) is 0 Å². The van der Waals surface area contributed by atoms with Crippen LogP contribution < -0.4 is 0 Å². The van der Waals surface area contributed by atoms with Gasteiger partial charge in [0.1, 0.15) is 5.76 Å². The number of halogens is 1. The molecule has 1 aliphatic rings. The first-order valence-electron chi connectivity index (χ1n) is 3.46. The third-order valence-corrected chi connectivity index (χ3v) is 2.16. The summed E-state index contributed by atoms with van der Waals surface area (Å²) < 4.78 is 4.78. The summed E-state index contributed by atoms with van der Waals surface area (Å²) in [6.45, 7) is 0. The lowest BCUT2D eigenvalue weighted by molar-refractivity contribution is -0.140. The van der Waals surface area contributed by atoms with E-state index in [0.717, 1.165) is 25.0 Å². The van der Waals surface area contributed by atoms with E-state index in [9.17, 15) is 4.79 Å². The Balaban J connectivity index is 2.62. The second-order valence-electron chi connectivity index (χ2n) is 2.55. The third-order valence-electron chi connectivity index (χ3n) is 1.74. The second-order valence-corrected chi connectivity index (χ2v) is 2.87. The monoisotopic (exact) mass is 220 g/mol. The molecule has 0 heterocycles. The molecule has 0 saturated heterocycles. The van der Waals surface area contributed by atoms with Crippen LogP contribution in [0, 0.1) is 5.92 Å². The largest absolute Gasteiger partial charge is 0.481 e. The van der Waals surface area contributed by atoms with Gasteiger partial charge in [-0.25, -0.2) is 0 Å². The van der Waals surface area contributed by atoms with Gasteiger partial charge >= 0.3 is 5.97 Å². The fourth-order valence-corrected chi connectivity index (χ4v) is 1.42. The van der Waals surface area contributed by atoms with Crippen LogP contribution in [-0.2, 0) is 8.62 Å². The standard InChI is InChI=1S/C7H9BrO3/c8-11-6-3-1-2-5(4-6)7(9)10/h4-5H,1-3H2,(H,9,10). The highest BCUT2D eigenvalue weighted by Gasteiger charge is 2.20. The van der Waals surface area contributed by atoms with Crippen molar-refractivity contribution in [2.45, 2.75) is 19.3 Å². The molecular formula is C7H9BrO3. The molecule has 0 aromatic rings. The van der Waals surface area contributed by atoms with E-state index in [-0.39, 0.29) is 5.92 Å². The average Bonchev–Trinajstić information content (AvgIpc) is 2.05. The first-order chi connectivity index (χ1) is 5.24. The number of carbonyl (C=O) groups is 1. The second kappa shape index (κ2) is 3.76. The highest BCUT2D eigenvalue weighted by atomic mass is 79.9. The molecule has 0 aromatic heterocycles. The van der Waals surface area contributed by atoms with E-state index < -0.39 is 5.97 Å². The van der Waals surface area contributed by atoms with E-state index in [0.29, 0.717) is 0 Å². The van der Waals surface area contributed by atoms with Crippen LogP contribution in [0.3, 0.4) is 0 Å². The number of rotatable bonds is 2. The molecule has 0 amide bonds. The Kier molecular flexibility index (Phi) is 2.93. The molecule has 0 saturated carbocycles. The Bertz CT molecular complexity index is 188. The minimum atomic E-state index is -0.772. The van der Waals surface area contributed by atoms with Crippen molar-refractivity contribution in [3.8, 4) is 0 Å². The van der Waals surface area contributed by atoms with Crippen LogP contribution in [0.1, 0.15) is 19.3 Å². The minimum Gasteiger partial charge on any atom is -0.481 e. The van der Waals surface area contributed by atoms with Crippen molar-refractivity contribution < 1.29 is 13.7 Å². The number of carboxylic acids is 1. The van der Waals surface area contributed by atoms with Gasteiger partial charge in [-0.15, -0.1) is 0 Å². The number of allylic oxidation sites excluding steroid dienone is 1. The van der Waals surface area contributed by atoms with Crippen LogP contribution in [0.2, 0.25) is 0 Å². The van der Waals surface area contributed by atoms with Crippen molar-refractivity contribution in [3.63, 3.8) is 0 Å². The fraction of sp³-hybridized carbons (Fsp3) is 0.571. The Labute approximate surface area is 73.5 Å². The topological polar surface area (TPSA) is 46.5 Å². The number of hydrogen-bond donors (Lipinski definition) is 1. The number of carboxylic acid groups (broad SMARTS) is 1. The zero-order valence-corrected chi connectivity index (χ0v) is 7.50. The van der Waals surface area contributed by atoms with Gasteiger partial charge in [0, 0.05) is 6.42 Å². The summed E-state index contributed by atoms with van der Waals surface area (Å²) in [5.74, 6) is -0.410. The van der Waals surface area contributed by atoms with Crippen molar-refractivity contribution in [1.82, 2.24) is 0 Å². The molecule has 11 heavy (non-hydrogen) atoms. The summed E-state index contributed by atoms with van der Waals surface area (Å²) in [5, 5.41) is 8.64. The zero-order chi connectivity index (χ0) is 8.27. The summed E-state index contributed by atoms with van der Waals surface area (Å²) in [7, 11) is 0. The Hall–Kier alpha value is -0.510. The van der Waals surface area contributed by atoms with Gasteiger partial charge in [-0.05, 0) is 18.9 Å². The van der Waals surface area contributed by atoms with E-state index >= 15 is 0 Å². The van der Waals surface area contributed by atoms with Crippen LogP contribution >= 0.6 is 16.3 Å². The van der Waals surface area contributed by atoms with E-state index in [1.54, 1.807) is 6.08 Å². The van der Waals surface area contributed by atoms with Gasteiger partial charge in [0.15, 0.2) is 16.3 Å². The van der Waals surface area contributed by atoms with E-state index in [1.807, 2.05) is 0 Å². The predicted octanol–water partition coefficient (Wildman–Crippen LogP) is 2.08. The minimum absolute atomic E-state index is 0.365. The Morgan fingerprint density at radius 2 is 2.55 bits per heavy atom. The smallest absolute Gasteiger partial charge is 0.310 e. The predicted molar refractivity (Wildman–Crippen MR) is 43.1 cm³/mol. The van der Waals surface area contributed by atoms with Crippen LogP contribution in [0.15, 0.2) is 11.8 Å². The van der Waals surface area contributed by atoms with E-state index in [1.165, 1.54) is 0 Å². The lowest BCUT2D eigenvalue weighted by Crippen LogP contribution is -2.14. The van der Waals surface area contributed by atoms with E-state index in [2.05, 4.69) is 16.3 Å². The lowest BCUT2D eigenvalue weighted by atomic mass is 9.95. The lowest BCUT2D eigenvalue weighted by Gasteiger charge is -2.15. The molecule has 0 bridgehead atoms. The van der Waals surface area contributed by atoms with Gasteiger partial charge in [0.2, 0.25) is 0 Å². The van der Waals surface area contributed by atoms with Gasteiger partial charge in [0.05, 0.1) is 5.92 Å². The molecule has 0 aliphatic heterocycles. The van der Waals surface area contributed by atoms with Gasteiger partial charge < -0.3 is 8.93 Å². The molecule has 0 fully saturated rings. The van der Waals surface area contributed by atoms with Crippen LogP contribution in [0.4, 0.5) is 0 Å². The summed E-state index contributed by atoms with van der Waals surface area (Å²) in [5.41, 5.74) is 0. The molecular weight excluding hydrogens is 212 g/mol. The van der Waals surface area contributed by atoms with Crippen molar-refractivity contribution in [2.75, 3.05) is 0 Å². The average molecular weight is 221 g/mol. The highest BCUT2D eigenvalue weighted by Crippen LogP contribution is 2.24. The summed E-state index contributed by atoms with van der Waals surface area (Å²) >= 11 is 2.83. The van der Waals surface area contributed by atoms with Crippen molar-refractivity contribution in [2.24, 2.45) is 5.92 Å². The molecule has 0 aromatic carbocycles. The first-order valence-corrected chi connectivity index (χ1v) is 4.11. The normalized spacial score (nSPS) is 24.1. The summed E-state index contributed by atoms with van der Waals surface area (Å²) in [6, 6.07) is 0. The molecule has 1 N–H and O–H groups in total. The molecule has 1 aliphatic carbocycles. The molecule has 0 radical (unpaired) electrons. The Morgan fingerprint density at radius 1 is 1.82 bits per heavy atom. The number of aliphatic carboxylic acids is 1. The van der Waals surface area contributed by atoms with Crippen LogP contribution in [0.5, 0.6) is 0 Å². The maximum atomic E-state index is 10.5. The molecule has 1 atom stereocenters. The zero-order valence-electron chi connectivity index (χ0n) is 5.92. The van der Waals surface area contributed by atoms with Gasteiger partial charge in [-0.2, -0.15) is 0 Å². The molecule has 3 nitrogen and oxygen atoms in total. The molecule has 1 rings (SSSR count). The summed E-state index contributed by atoms with van der Waals surface area (Å²) in [6.07, 6.45) is 4.08. The van der Waals surface area contributed by atoms with Crippen molar-refractivity contribution >= 4 is 22.2 Å². The first kappa shape index (κ1) is 8.59. The SMILES string of the molecule is O=C(O)C1C=C(OBr)CCC1. The number of hydrogen-bond acceptors (Lipinski definition) is 2. The maximum absolute atomic E-state index is 10.5. The molecule has 1 unspecified atom stereocenters. The van der Waals surface area contributed by atoms with Crippen molar-refractivity contribution in [1.29, 1.82) is 0 Å². The molecule has 4 heteroatoms. The molecule has 62 valence electrons. The van der Waals surface area contributed by atoms with E-state index in [4.69, 9.17) is 8.93 Å². The highest BCUT2D eigenvalue weighted by molar-refractivity contribution is 9.06. The van der Waals surface area contributed by atoms with Crippen LogP contribution in [0.25, 0.3) is 0 Å².